The fourth-order valence-corrected chi connectivity index (χ4v) is 2.41. The van der Waals surface area contributed by atoms with Crippen LogP contribution in [0.25, 0.3) is 0 Å². The maximum absolute atomic E-state index is 13.8. The number of ether oxygens (including phenoxy) is 2. The van der Waals surface area contributed by atoms with E-state index in [4.69, 9.17) is 14.6 Å². The first-order valence-electron chi connectivity index (χ1n) is 5.95. The second-order valence-electron chi connectivity index (χ2n) is 4.43. The molecular formula is C13H16FNO4. The van der Waals surface area contributed by atoms with Crippen molar-refractivity contribution in [3.8, 4) is 11.5 Å². The number of carbonyl (C=O) groups is 1. The Morgan fingerprint density at radius 3 is 2.68 bits per heavy atom. The maximum atomic E-state index is 13.8. The lowest BCUT2D eigenvalue weighted by molar-refractivity contribution is -0.141. The standard InChI is InChI=1S/C13H16FNO4/c1-18-10-4-3-8(14)12(19-2)11(10)9-5-7(6-15-9)13(16)17/h3-4,7,9,15H,5-6H2,1-2H3,(H,16,17). The van der Waals surface area contributed by atoms with E-state index in [2.05, 4.69) is 5.32 Å². The van der Waals surface area contributed by atoms with Gasteiger partial charge in [-0.2, -0.15) is 0 Å². The molecule has 1 aliphatic heterocycles. The molecule has 19 heavy (non-hydrogen) atoms. The Hall–Kier alpha value is -1.82. The zero-order chi connectivity index (χ0) is 14.0. The Bertz CT molecular complexity index is 492. The Balaban J connectivity index is 2.38. The minimum absolute atomic E-state index is 0.0999. The summed E-state index contributed by atoms with van der Waals surface area (Å²) in [4.78, 5) is 11.0. The number of carboxylic acid groups (broad SMARTS) is 1. The van der Waals surface area contributed by atoms with E-state index in [0.717, 1.165) is 0 Å². The number of carboxylic acids is 1. The molecule has 1 fully saturated rings. The second-order valence-corrected chi connectivity index (χ2v) is 4.43. The normalized spacial score (nSPS) is 22.3. The molecule has 0 radical (unpaired) electrons. The highest BCUT2D eigenvalue weighted by Gasteiger charge is 2.34. The Morgan fingerprint density at radius 2 is 2.16 bits per heavy atom. The molecule has 2 unspecified atom stereocenters. The van der Waals surface area contributed by atoms with E-state index in [-0.39, 0.29) is 11.8 Å². The third-order valence-corrected chi connectivity index (χ3v) is 3.36. The molecule has 104 valence electrons. The summed E-state index contributed by atoms with van der Waals surface area (Å²) in [7, 11) is 2.87. The molecule has 0 aromatic heterocycles. The summed E-state index contributed by atoms with van der Waals surface area (Å²) in [6.45, 7) is 0.350. The van der Waals surface area contributed by atoms with Crippen molar-refractivity contribution in [3.05, 3.63) is 23.5 Å². The van der Waals surface area contributed by atoms with Crippen LogP contribution in [0.5, 0.6) is 11.5 Å². The van der Waals surface area contributed by atoms with E-state index in [1.54, 1.807) is 0 Å². The van der Waals surface area contributed by atoms with Gasteiger partial charge in [0.05, 0.1) is 25.7 Å². The second kappa shape index (κ2) is 5.44. The first-order valence-corrected chi connectivity index (χ1v) is 5.95. The molecule has 1 aromatic carbocycles. The van der Waals surface area contributed by atoms with Crippen LogP contribution in [0.3, 0.4) is 0 Å². The largest absolute Gasteiger partial charge is 0.496 e. The molecule has 0 amide bonds. The van der Waals surface area contributed by atoms with E-state index >= 15 is 0 Å². The fraction of sp³-hybridized carbons (Fsp3) is 0.462. The number of aliphatic carboxylic acids is 1. The smallest absolute Gasteiger partial charge is 0.307 e. The number of nitrogens with one attached hydrogen (secondary N) is 1. The van der Waals surface area contributed by atoms with E-state index in [0.29, 0.717) is 24.3 Å². The van der Waals surface area contributed by atoms with E-state index in [1.165, 1.54) is 26.4 Å². The zero-order valence-corrected chi connectivity index (χ0v) is 10.8. The van der Waals surface area contributed by atoms with Crippen LogP contribution in [-0.2, 0) is 4.79 Å². The minimum atomic E-state index is -0.857. The summed E-state index contributed by atoms with van der Waals surface area (Å²) in [6.07, 6.45) is 0.380. The van der Waals surface area contributed by atoms with Crippen LogP contribution in [0.1, 0.15) is 18.0 Å². The van der Waals surface area contributed by atoms with Gasteiger partial charge in [0, 0.05) is 12.6 Å². The first-order chi connectivity index (χ1) is 9.08. The number of halogens is 1. The minimum Gasteiger partial charge on any atom is -0.496 e. The average Bonchev–Trinajstić information content (AvgIpc) is 2.87. The summed E-state index contributed by atoms with van der Waals surface area (Å²) in [5.74, 6) is -1.24. The summed E-state index contributed by atoms with van der Waals surface area (Å²) in [5, 5.41) is 12.1. The number of hydrogen-bond acceptors (Lipinski definition) is 4. The Labute approximate surface area is 110 Å². The molecule has 2 rings (SSSR count). The highest BCUT2D eigenvalue weighted by Crippen LogP contribution is 2.40. The van der Waals surface area contributed by atoms with Crippen molar-refractivity contribution in [2.45, 2.75) is 12.5 Å². The van der Waals surface area contributed by atoms with Crippen molar-refractivity contribution >= 4 is 5.97 Å². The molecule has 1 heterocycles. The number of rotatable bonds is 4. The molecule has 0 bridgehead atoms. The third kappa shape index (κ3) is 2.49. The van der Waals surface area contributed by atoms with Crippen molar-refractivity contribution in [3.63, 3.8) is 0 Å². The van der Waals surface area contributed by atoms with Crippen molar-refractivity contribution in [1.29, 1.82) is 0 Å². The lowest BCUT2D eigenvalue weighted by atomic mass is 9.98. The molecule has 1 aliphatic rings. The average molecular weight is 269 g/mol. The van der Waals surface area contributed by atoms with Crippen LogP contribution in [0.2, 0.25) is 0 Å². The van der Waals surface area contributed by atoms with Gasteiger partial charge in [0.15, 0.2) is 11.6 Å². The van der Waals surface area contributed by atoms with Crippen molar-refractivity contribution < 1.29 is 23.8 Å². The van der Waals surface area contributed by atoms with Gasteiger partial charge in [-0.3, -0.25) is 4.79 Å². The third-order valence-electron chi connectivity index (χ3n) is 3.36. The lowest BCUT2D eigenvalue weighted by Gasteiger charge is -2.19. The monoisotopic (exact) mass is 269 g/mol. The van der Waals surface area contributed by atoms with Crippen LogP contribution in [0.15, 0.2) is 12.1 Å². The molecule has 2 N–H and O–H groups in total. The number of benzene rings is 1. The van der Waals surface area contributed by atoms with Crippen molar-refractivity contribution in [2.24, 2.45) is 5.92 Å². The number of methoxy groups -OCH3 is 2. The van der Waals surface area contributed by atoms with E-state index in [1.807, 2.05) is 0 Å². The summed E-state index contributed by atoms with van der Waals surface area (Å²) in [5.41, 5.74) is 0.536. The van der Waals surface area contributed by atoms with Gasteiger partial charge in [-0.25, -0.2) is 4.39 Å². The van der Waals surface area contributed by atoms with Crippen LogP contribution in [0.4, 0.5) is 4.39 Å². The lowest BCUT2D eigenvalue weighted by Crippen LogP contribution is -2.18. The van der Waals surface area contributed by atoms with Crippen LogP contribution < -0.4 is 14.8 Å². The Morgan fingerprint density at radius 1 is 1.42 bits per heavy atom. The van der Waals surface area contributed by atoms with E-state index < -0.39 is 17.7 Å². The zero-order valence-electron chi connectivity index (χ0n) is 10.8. The first kappa shape index (κ1) is 13.6. The maximum Gasteiger partial charge on any atom is 0.307 e. The molecule has 0 spiro atoms. The molecule has 5 nitrogen and oxygen atoms in total. The Kier molecular flexibility index (Phi) is 3.90. The van der Waals surface area contributed by atoms with E-state index in [9.17, 15) is 9.18 Å². The van der Waals surface area contributed by atoms with Gasteiger partial charge >= 0.3 is 5.97 Å². The van der Waals surface area contributed by atoms with Crippen molar-refractivity contribution in [1.82, 2.24) is 5.32 Å². The predicted octanol–water partition coefficient (Wildman–Crippen LogP) is 1.58. The molecular weight excluding hydrogens is 253 g/mol. The van der Waals surface area contributed by atoms with Gasteiger partial charge in [-0.05, 0) is 18.6 Å². The topological polar surface area (TPSA) is 67.8 Å². The van der Waals surface area contributed by atoms with Crippen LogP contribution >= 0.6 is 0 Å². The fourth-order valence-electron chi connectivity index (χ4n) is 2.41. The van der Waals surface area contributed by atoms with Crippen LogP contribution in [-0.4, -0.2) is 31.8 Å². The van der Waals surface area contributed by atoms with Crippen molar-refractivity contribution in [2.75, 3.05) is 20.8 Å². The van der Waals surface area contributed by atoms with Gasteiger partial charge in [-0.1, -0.05) is 0 Å². The quantitative estimate of drug-likeness (QED) is 0.868. The van der Waals surface area contributed by atoms with Gasteiger partial charge < -0.3 is 19.9 Å². The highest BCUT2D eigenvalue weighted by atomic mass is 19.1. The van der Waals surface area contributed by atoms with Gasteiger partial charge in [0.2, 0.25) is 0 Å². The van der Waals surface area contributed by atoms with Crippen LogP contribution in [0, 0.1) is 11.7 Å². The molecule has 1 saturated heterocycles. The predicted molar refractivity (Wildman–Crippen MR) is 66.0 cm³/mol. The molecule has 6 heteroatoms. The molecule has 1 aromatic rings. The highest BCUT2D eigenvalue weighted by molar-refractivity contribution is 5.71. The SMILES string of the molecule is COc1ccc(F)c(OC)c1C1CC(C(=O)O)CN1. The van der Waals surface area contributed by atoms with Gasteiger partial charge in [0.25, 0.3) is 0 Å². The molecule has 0 saturated carbocycles. The summed E-state index contributed by atoms with van der Waals surface area (Å²) < 4.78 is 24.1. The molecule has 2 atom stereocenters. The number of hydrogen-bond donors (Lipinski definition) is 2. The molecule has 0 aliphatic carbocycles. The summed E-state index contributed by atoms with van der Waals surface area (Å²) in [6, 6.07) is 2.50. The summed E-state index contributed by atoms with van der Waals surface area (Å²) >= 11 is 0. The van der Waals surface area contributed by atoms with Gasteiger partial charge in [0.1, 0.15) is 5.75 Å². The van der Waals surface area contributed by atoms with Gasteiger partial charge in [-0.15, -0.1) is 0 Å².